The van der Waals surface area contributed by atoms with Crippen LogP contribution in [-0.2, 0) is 9.59 Å². The van der Waals surface area contributed by atoms with Crippen molar-refractivity contribution in [1.82, 2.24) is 5.32 Å². The number of hydrogen-bond acceptors (Lipinski definition) is 2. The van der Waals surface area contributed by atoms with Crippen LogP contribution in [0.2, 0.25) is 0 Å². The molecular formula is C13H23NO2. The molecule has 0 aliphatic heterocycles. The molecule has 0 aromatic heterocycles. The van der Waals surface area contributed by atoms with Crippen LogP contribution in [0.3, 0.4) is 0 Å². The quantitative estimate of drug-likeness (QED) is 0.745. The zero-order valence-electron chi connectivity index (χ0n) is 11.0. The molecule has 1 saturated carbocycles. The predicted molar refractivity (Wildman–Crippen MR) is 64.0 cm³/mol. The zero-order chi connectivity index (χ0) is 12.5. The highest BCUT2D eigenvalue weighted by molar-refractivity contribution is 5.97. The van der Waals surface area contributed by atoms with Crippen molar-refractivity contribution in [2.75, 3.05) is 0 Å². The Bertz CT molecular complexity index is 291. The highest BCUT2D eigenvalue weighted by Gasteiger charge is 2.48. The summed E-state index contributed by atoms with van der Waals surface area (Å²) in [5, 5.41) is 2.95. The molecule has 0 bridgehead atoms. The summed E-state index contributed by atoms with van der Waals surface area (Å²) in [7, 11) is 0. The summed E-state index contributed by atoms with van der Waals surface area (Å²) in [6.45, 7) is 10.3. The third kappa shape index (κ3) is 3.95. The maximum atomic E-state index is 11.4. The fourth-order valence-electron chi connectivity index (χ4n) is 2.27. The number of Topliss-reactive ketones (excluding diaryl/α,β-unsaturated/α-hetero) is 1. The van der Waals surface area contributed by atoms with Crippen molar-refractivity contribution in [3.05, 3.63) is 0 Å². The Balaban J connectivity index is 2.36. The lowest BCUT2D eigenvalue weighted by molar-refractivity contribution is -0.127. The van der Waals surface area contributed by atoms with E-state index in [1.165, 1.54) is 6.92 Å². The molecule has 1 fully saturated rings. The van der Waals surface area contributed by atoms with E-state index < -0.39 is 0 Å². The molecule has 0 saturated heterocycles. The van der Waals surface area contributed by atoms with Gasteiger partial charge in [0.15, 0.2) is 0 Å². The van der Waals surface area contributed by atoms with Gasteiger partial charge >= 0.3 is 0 Å². The minimum absolute atomic E-state index is 0.0193. The van der Waals surface area contributed by atoms with Crippen LogP contribution in [-0.4, -0.2) is 17.7 Å². The van der Waals surface area contributed by atoms with E-state index in [1.54, 1.807) is 0 Å². The van der Waals surface area contributed by atoms with Crippen LogP contribution < -0.4 is 5.32 Å². The number of rotatable bonds is 4. The lowest BCUT2D eigenvalue weighted by atomic mass is 9.89. The standard InChI is InChI=1S/C13H23NO2/c1-8(15)6-11(16)14-12-9(2)10(12)7-13(3,4)5/h9-10,12H,6-7H2,1-5H3,(H,14,16). The highest BCUT2D eigenvalue weighted by Crippen LogP contribution is 2.46. The monoisotopic (exact) mass is 225 g/mol. The van der Waals surface area contributed by atoms with Crippen LogP contribution in [0.5, 0.6) is 0 Å². The normalized spacial score (nSPS) is 28.7. The van der Waals surface area contributed by atoms with Crippen LogP contribution in [0, 0.1) is 17.3 Å². The van der Waals surface area contributed by atoms with Crippen LogP contribution in [0.1, 0.15) is 47.5 Å². The van der Waals surface area contributed by atoms with E-state index in [9.17, 15) is 9.59 Å². The summed E-state index contributed by atoms with van der Waals surface area (Å²) in [6.07, 6.45) is 1.14. The summed E-state index contributed by atoms with van der Waals surface area (Å²) < 4.78 is 0. The SMILES string of the molecule is CC(=O)CC(=O)NC1C(C)C1CC(C)(C)C. The molecule has 1 aliphatic rings. The molecular weight excluding hydrogens is 202 g/mol. The van der Waals surface area contributed by atoms with E-state index in [0.717, 1.165) is 6.42 Å². The Morgan fingerprint density at radius 1 is 1.25 bits per heavy atom. The predicted octanol–water partition coefficient (Wildman–Crippen LogP) is 2.15. The van der Waals surface area contributed by atoms with Crippen molar-refractivity contribution in [1.29, 1.82) is 0 Å². The molecule has 3 nitrogen and oxygen atoms in total. The van der Waals surface area contributed by atoms with Gasteiger partial charge < -0.3 is 5.32 Å². The molecule has 1 N–H and O–H groups in total. The lowest BCUT2D eigenvalue weighted by Gasteiger charge is -2.17. The van der Waals surface area contributed by atoms with E-state index >= 15 is 0 Å². The topological polar surface area (TPSA) is 46.2 Å². The molecule has 3 unspecified atom stereocenters. The number of nitrogens with one attached hydrogen (secondary N) is 1. The zero-order valence-corrected chi connectivity index (χ0v) is 11.0. The third-order valence-corrected chi connectivity index (χ3v) is 3.15. The van der Waals surface area contributed by atoms with Crippen molar-refractivity contribution in [3.63, 3.8) is 0 Å². The number of hydrogen-bond donors (Lipinski definition) is 1. The van der Waals surface area contributed by atoms with Gasteiger partial charge in [0.05, 0.1) is 6.42 Å². The van der Waals surface area contributed by atoms with E-state index in [0.29, 0.717) is 17.3 Å². The van der Waals surface area contributed by atoms with Crippen molar-refractivity contribution < 1.29 is 9.59 Å². The van der Waals surface area contributed by atoms with E-state index in [1.807, 2.05) is 0 Å². The van der Waals surface area contributed by atoms with Crippen molar-refractivity contribution in [2.24, 2.45) is 17.3 Å². The van der Waals surface area contributed by atoms with Gasteiger partial charge in [-0.1, -0.05) is 27.7 Å². The molecule has 3 heteroatoms. The first-order valence-corrected chi connectivity index (χ1v) is 5.99. The smallest absolute Gasteiger partial charge is 0.227 e. The van der Waals surface area contributed by atoms with Gasteiger partial charge in [0, 0.05) is 6.04 Å². The maximum Gasteiger partial charge on any atom is 0.227 e. The number of amides is 1. The van der Waals surface area contributed by atoms with Crippen LogP contribution in [0.25, 0.3) is 0 Å². The van der Waals surface area contributed by atoms with Gasteiger partial charge in [0.2, 0.25) is 5.91 Å². The Morgan fingerprint density at radius 2 is 1.81 bits per heavy atom. The Morgan fingerprint density at radius 3 is 2.25 bits per heavy atom. The average molecular weight is 225 g/mol. The summed E-state index contributed by atoms with van der Waals surface area (Å²) in [5.74, 6) is 0.935. The minimum atomic E-state index is -0.124. The van der Waals surface area contributed by atoms with E-state index in [-0.39, 0.29) is 24.2 Å². The van der Waals surface area contributed by atoms with Gasteiger partial charge in [0.25, 0.3) is 0 Å². The van der Waals surface area contributed by atoms with E-state index in [4.69, 9.17) is 0 Å². The Labute approximate surface area is 98.0 Å². The van der Waals surface area contributed by atoms with Crippen LogP contribution >= 0.6 is 0 Å². The fourth-order valence-corrected chi connectivity index (χ4v) is 2.27. The van der Waals surface area contributed by atoms with E-state index in [2.05, 4.69) is 33.0 Å². The number of carbonyl (C=O) groups excluding carboxylic acids is 2. The average Bonchev–Trinajstić information content (AvgIpc) is 2.58. The van der Waals surface area contributed by atoms with Gasteiger partial charge in [-0.3, -0.25) is 9.59 Å². The lowest BCUT2D eigenvalue weighted by Crippen LogP contribution is -2.29. The highest BCUT2D eigenvalue weighted by atomic mass is 16.2. The summed E-state index contributed by atoms with van der Waals surface area (Å²) in [5.41, 5.74) is 0.305. The van der Waals surface area contributed by atoms with Gasteiger partial charge in [-0.15, -0.1) is 0 Å². The molecule has 92 valence electrons. The van der Waals surface area contributed by atoms with Crippen LogP contribution in [0.15, 0.2) is 0 Å². The van der Waals surface area contributed by atoms with Gasteiger partial charge in [0.1, 0.15) is 5.78 Å². The molecule has 1 amide bonds. The fraction of sp³-hybridized carbons (Fsp3) is 0.846. The maximum absolute atomic E-state index is 11.4. The Kier molecular flexibility index (Phi) is 3.76. The van der Waals surface area contributed by atoms with Crippen molar-refractivity contribution in [3.8, 4) is 0 Å². The Hall–Kier alpha value is -0.860. The molecule has 0 aromatic rings. The third-order valence-electron chi connectivity index (χ3n) is 3.15. The molecule has 0 spiro atoms. The molecule has 0 aromatic carbocycles. The second kappa shape index (κ2) is 4.56. The second-order valence-electron chi connectivity index (χ2n) is 6.26. The summed E-state index contributed by atoms with van der Waals surface area (Å²) in [6, 6.07) is 0.283. The van der Waals surface area contributed by atoms with Crippen molar-refractivity contribution >= 4 is 11.7 Å². The summed E-state index contributed by atoms with van der Waals surface area (Å²) >= 11 is 0. The first kappa shape index (κ1) is 13.2. The van der Waals surface area contributed by atoms with Crippen LogP contribution in [0.4, 0.5) is 0 Å². The van der Waals surface area contributed by atoms with Gasteiger partial charge in [-0.05, 0) is 30.6 Å². The molecule has 1 rings (SSSR count). The first-order valence-electron chi connectivity index (χ1n) is 5.99. The largest absolute Gasteiger partial charge is 0.352 e. The molecule has 0 radical (unpaired) electrons. The van der Waals surface area contributed by atoms with Gasteiger partial charge in [-0.2, -0.15) is 0 Å². The molecule has 16 heavy (non-hydrogen) atoms. The number of ketones is 1. The first-order chi connectivity index (χ1) is 7.20. The minimum Gasteiger partial charge on any atom is -0.352 e. The summed E-state index contributed by atoms with van der Waals surface area (Å²) in [4.78, 5) is 22.2. The van der Waals surface area contributed by atoms with Gasteiger partial charge in [-0.25, -0.2) is 0 Å². The second-order valence-corrected chi connectivity index (χ2v) is 6.26. The van der Waals surface area contributed by atoms with Crippen molar-refractivity contribution in [2.45, 2.75) is 53.5 Å². The molecule has 3 atom stereocenters. The number of carbonyl (C=O) groups is 2. The molecule has 0 heterocycles. The molecule has 1 aliphatic carbocycles.